The van der Waals surface area contributed by atoms with E-state index < -0.39 is 0 Å². The number of H-pyrrole nitrogens is 2. The number of aromatic amines is 2. The summed E-state index contributed by atoms with van der Waals surface area (Å²) in [5.74, 6) is 0. The first-order valence-electron chi connectivity index (χ1n) is 10.8. The Morgan fingerprint density at radius 2 is 1.93 bits per heavy atom. The number of nitrogens with one attached hydrogen (secondary N) is 2. The van der Waals surface area contributed by atoms with Crippen LogP contribution < -0.4 is 10.6 Å². The van der Waals surface area contributed by atoms with Crippen molar-refractivity contribution in [2.45, 2.75) is 46.5 Å². The van der Waals surface area contributed by atoms with E-state index in [0.29, 0.717) is 0 Å². The van der Waals surface area contributed by atoms with E-state index in [4.69, 9.17) is 0 Å². The second-order valence-corrected chi connectivity index (χ2v) is 8.66. The Morgan fingerprint density at radius 3 is 2.66 bits per heavy atom. The van der Waals surface area contributed by atoms with Crippen molar-refractivity contribution in [3.63, 3.8) is 0 Å². The zero-order chi connectivity index (χ0) is 20.5. The van der Waals surface area contributed by atoms with Gasteiger partial charge in [-0.3, -0.25) is 0 Å². The summed E-state index contributed by atoms with van der Waals surface area (Å²) in [4.78, 5) is 9.68. The van der Waals surface area contributed by atoms with Gasteiger partial charge in [-0.25, -0.2) is 0 Å². The third-order valence-corrected chi connectivity index (χ3v) is 6.22. The quantitative estimate of drug-likeness (QED) is 0.645. The normalized spacial score (nSPS) is 15.6. The molecule has 3 heterocycles. The summed E-state index contributed by atoms with van der Waals surface area (Å²) in [7, 11) is 0. The van der Waals surface area contributed by atoms with Crippen molar-refractivity contribution in [1.82, 2.24) is 14.9 Å². The highest BCUT2D eigenvalue weighted by Crippen LogP contribution is 2.27. The highest BCUT2D eigenvalue weighted by atomic mass is 15.1. The van der Waals surface area contributed by atoms with Crippen LogP contribution in [0, 0.1) is 13.8 Å². The number of hydrogen-bond donors (Lipinski definition) is 2. The number of hydrogen-bond acceptors (Lipinski definition) is 1. The fourth-order valence-corrected chi connectivity index (χ4v) is 4.84. The number of nitrogens with zero attached hydrogens (tertiary/aromatic N) is 1. The molecule has 4 rings (SSSR count). The molecule has 0 saturated carbocycles. The number of likely N-dealkylation sites (tertiary alicyclic amines) is 1. The van der Waals surface area contributed by atoms with Crippen LogP contribution in [0.25, 0.3) is 29.1 Å². The molecule has 0 radical (unpaired) electrons. The molecule has 152 valence electrons. The van der Waals surface area contributed by atoms with Gasteiger partial charge in [-0.05, 0) is 95.4 Å². The second kappa shape index (κ2) is 8.08. The molecule has 3 nitrogen and oxygen atoms in total. The van der Waals surface area contributed by atoms with Gasteiger partial charge in [0.1, 0.15) is 0 Å². The first kappa shape index (κ1) is 19.8. The molecule has 1 aliphatic heterocycles. The zero-order valence-electron chi connectivity index (χ0n) is 18.1. The van der Waals surface area contributed by atoms with Gasteiger partial charge >= 0.3 is 0 Å². The maximum absolute atomic E-state index is 4.27. The Bertz CT molecular complexity index is 1150. The summed E-state index contributed by atoms with van der Waals surface area (Å²) in [5.41, 5.74) is 8.66. The summed E-state index contributed by atoms with van der Waals surface area (Å²) >= 11 is 0. The lowest BCUT2D eigenvalue weighted by Gasteiger charge is -2.14. The molecule has 1 aliphatic rings. The van der Waals surface area contributed by atoms with Crippen LogP contribution >= 0.6 is 0 Å². The summed E-state index contributed by atoms with van der Waals surface area (Å²) < 4.78 is 0. The first-order valence-corrected chi connectivity index (χ1v) is 10.8. The van der Waals surface area contributed by atoms with Crippen LogP contribution in [-0.4, -0.2) is 34.5 Å². The van der Waals surface area contributed by atoms with Crippen LogP contribution in [0.15, 0.2) is 24.8 Å². The average molecular weight is 388 g/mol. The summed E-state index contributed by atoms with van der Waals surface area (Å²) in [6.45, 7) is 18.7. The minimum Gasteiger partial charge on any atom is -0.358 e. The number of allylic oxidation sites excluding steroid dienone is 1. The van der Waals surface area contributed by atoms with Gasteiger partial charge in [-0.1, -0.05) is 24.8 Å². The van der Waals surface area contributed by atoms with Crippen molar-refractivity contribution >= 4 is 29.1 Å². The van der Waals surface area contributed by atoms with E-state index in [9.17, 15) is 0 Å². The van der Waals surface area contributed by atoms with Crippen LogP contribution in [-0.2, 0) is 6.42 Å². The molecule has 1 aromatic carbocycles. The van der Waals surface area contributed by atoms with Gasteiger partial charge in [0.2, 0.25) is 0 Å². The molecular weight excluding hydrogens is 354 g/mol. The second-order valence-electron chi connectivity index (χ2n) is 8.66. The van der Waals surface area contributed by atoms with Gasteiger partial charge in [0.05, 0.1) is 0 Å². The molecule has 2 aromatic heterocycles. The molecule has 0 spiro atoms. The Balaban J connectivity index is 1.75. The monoisotopic (exact) mass is 387 g/mol. The van der Waals surface area contributed by atoms with E-state index in [1.807, 2.05) is 0 Å². The third-order valence-electron chi connectivity index (χ3n) is 6.22. The van der Waals surface area contributed by atoms with Crippen molar-refractivity contribution in [2.75, 3.05) is 19.6 Å². The van der Waals surface area contributed by atoms with Crippen LogP contribution in [0.1, 0.15) is 54.3 Å². The van der Waals surface area contributed by atoms with Crippen molar-refractivity contribution in [2.24, 2.45) is 0 Å². The van der Waals surface area contributed by atoms with E-state index in [1.165, 1.54) is 77.6 Å². The standard InChI is InChI=1S/C26H33N3/c1-17(2)26-20(5)28-25(21(26)9-8-14-29-12-6-7-13-29)16-22-19(4)27-24-11-10-18(3)15-23(22)24/h10-11,15-16,27-28H,1,4,6-9,12-14H2,2-3,5H3/b22-16+. The lowest BCUT2D eigenvalue weighted by molar-refractivity contribution is 0.334. The molecular formula is C26H33N3. The minimum absolute atomic E-state index is 0.970. The Hall–Kier alpha value is -2.52. The predicted octanol–water partition coefficient (Wildman–Crippen LogP) is 4.41. The molecule has 1 saturated heterocycles. The van der Waals surface area contributed by atoms with E-state index in [-0.39, 0.29) is 0 Å². The minimum atomic E-state index is 0.970. The molecule has 0 atom stereocenters. The fraction of sp³-hybridized carbons (Fsp3) is 0.385. The maximum atomic E-state index is 4.27. The molecule has 29 heavy (non-hydrogen) atoms. The van der Waals surface area contributed by atoms with Crippen molar-refractivity contribution < 1.29 is 0 Å². The first-order chi connectivity index (χ1) is 13.9. The van der Waals surface area contributed by atoms with Crippen molar-refractivity contribution in [3.05, 3.63) is 63.4 Å². The van der Waals surface area contributed by atoms with E-state index in [2.05, 4.69) is 73.1 Å². The van der Waals surface area contributed by atoms with E-state index in [0.717, 1.165) is 22.9 Å². The Labute approximate surface area is 173 Å². The molecule has 0 aliphatic carbocycles. The van der Waals surface area contributed by atoms with Crippen LogP contribution in [0.5, 0.6) is 0 Å². The highest BCUT2D eigenvalue weighted by molar-refractivity contribution is 5.83. The SMILES string of the molecule is C=C(C)c1c(C)[nH]c(/C=c2\c(=C)[nH]c3ccc(C)cc23)c1CCCN1CCCC1. The maximum Gasteiger partial charge on any atom is 0.0464 e. The van der Waals surface area contributed by atoms with Gasteiger partial charge in [0.15, 0.2) is 0 Å². The van der Waals surface area contributed by atoms with Crippen molar-refractivity contribution in [3.8, 4) is 0 Å². The predicted molar refractivity (Wildman–Crippen MR) is 126 cm³/mol. The smallest absolute Gasteiger partial charge is 0.0464 e. The molecule has 0 bridgehead atoms. The molecule has 1 fully saturated rings. The topological polar surface area (TPSA) is 34.8 Å². The number of fused-ring (bicyclic) bond motifs is 1. The molecule has 3 heteroatoms. The van der Waals surface area contributed by atoms with Gasteiger partial charge < -0.3 is 14.9 Å². The van der Waals surface area contributed by atoms with E-state index >= 15 is 0 Å². The van der Waals surface area contributed by atoms with Gasteiger partial charge in [-0.15, -0.1) is 0 Å². The number of rotatable bonds is 6. The summed E-state index contributed by atoms with van der Waals surface area (Å²) in [5, 5.41) is 3.39. The molecule has 2 N–H and O–H groups in total. The van der Waals surface area contributed by atoms with Crippen molar-refractivity contribution in [1.29, 1.82) is 0 Å². The Morgan fingerprint density at radius 1 is 1.17 bits per heavy atom. The lowest BCUT2D eigenvalue weighted by Crippen LogP contribution is -2.21. The number of benzene rings is 1. The number of aryl methyl sites for hydroxylation is 2. The summed E-state index contributed by atoms with van der Waals surface area (Å²) in [6, 6.07) is 6.53. The fourth-order valence-electron chi connectivity index (χ4n) is 4.84. The van der Waals surface area contributed by atoms with E-state index in [1.54, 1.807) is 0 Å². The summed E-state index contributed by atoms with van der Waals surface area (Å²) in [6.07, 6.45) is 7.24. The molecule has 0 amide bonds. The number of aromatic nitrogens is 2. The molecule has 0 unspecified atom stereocenters. The molecule has 3 aromatic rings. The van der Waals surface area contributed by atoms with Gasteiger partial charge in [0.25, 0.3) is 0 Å². The lowest BCUT2D eigenvalue weighted by atomic mass is 9.98. The zero-order valence-corrected chi connectivity index (χ0v) is 18.1. The van der Waals surface area contributed by atoms with Crippen LogP contribution in [0.2, 0.25) is 0 Å². The average Bonchev–Trinajstić information content (AvgIpc) is 3.35. The largest absolute Gasteiger partial charge is 0.358 e. The van der Waals surface area contributed by atoms with Crippen LogP contribution in [0.4, 0.5) is 0 Å². The third kappa shape index (κ3) is 3.97. The highest BCUT2D eigenvalue weighted by Gasteiger charge is 2.16. The van der Waals surface area contributed by atoms with Gasteiger partial charge in [0, 0.05) is 38.4 Å². The van der Waals surface area contributed by atoms with Crippen LogP contribution in [0.3, 0.4) is 0 Å². The van der Waals surface area contributed by atoms with Gasteiger partial charge in [-0.2, -0.15) is 0 Å². The Kier molecular flexibility index (Phi) is 5.51.